The molecule has 6 aromatic heterocycles. The molecule has 380 valence electrons. The monoisotopic (exact) mass is 1210 g/mol. The van der Waals surface area contributed by atoms with Crippen molar-refractivity contribution in [2.24, 2.45) is 0 Å². The molecule has 16 aromatic rings. The summed E-state index contributed by atoms with van der Waals surface area (Å²) in [6.07, 6.45) is 11.4. The Balaban J connectivity index is 0.000000144. The second kappa shape index (κ2) is 20.9. The molecule has 0 fully saturated rings. The predicted octanol–water partition coefficient (Wildman–Crippen LogP) is 18.6. The standard InChI is InChI=1S/2C37H22N3.Pt/c2*1-2-10-26-24(9-1)29(25-13-5-17-35-30(25)15-7-21-38-35)19-20-33(26)37-32-12-4-3-11-28(32)34(23-40-37)27-14-6-18-36-31(27)16-8-22-39-36;/h2*1-19,21-23H;/q2*-1;+2. The van der Waals surface area contributed by atoms with Crippen molar-refractivity contribution in [2.45, 2.75) is 0 Å². The number of aromatic nitrogens is 6. The summed E-state index contributed by atoms with van der Waals surface area (Å²) < 4.78 is 0. The smallest absolute Gasteiger partial charge is 0.303 e. The van der Waals surface area contributed by atoms with Crippen molar-refractivity contribution < 1.29 is 21.1 Å². The molecule has 7 heteroatoms. The van der Waals surface area contributed by atoms with Crippen LogP contribution in [0.1, 0.15) is 0 Å². The molecule has 0 unspecified atom stereocenters. The van der Waals surface area contributed by atoms with Crippen LogP contribution in [0, 0.1) is 12.1 Å². The van der Waals surface area contributed by atoms with E-state index < -0.39 is 0 Å². The van der Waals surface area contributed by atoms with Crippen LogP contribution in [-0.2, 0) is 21.1 Å². The zero-order chi connectivity index (χ0) is 52.9. The van der Waals surface area contributed by atoms with Crippen LogP contribution in [0.15, 0.2) is 268 Å². The molecule has 0 saturated carbocycles. The minimum absolute atomic E-state index is 0. The van der Waals surface area contributed by atoms with E-state index in [4.69, 9.17) is 9.97 Å². The fourth-order valence-corrected chi connectivity index (χ4v) is 11.9. The first-order valence-electron chi connectivity index (χ1n) is 26.7. The van der Waals surface area contributed by atoms with Gasteiger partial charge in [0.1, 0.15) is 0 Å². The van der Waals surface area contributed by atoms with E-state index in [1.165, 1.54) is 10.8 Å². The summed E-state index contributed by atoms with van der Waals surface area (Å²) in [5.41, 5.74) is 16.8. The molecule has 0 N–H and O–H groups in total. The first kappa shape index (κ1) is 49.2. The van der Waals surface area contributed by atoms with Gasteiger partial charge in [0.15, 0.2) is 0 Å². The van der Waals surface area contributed by atoms with Gasteiger partial charge in [-0.15, -0.1) is 35.4 Å². The SMILES string of the molecule is [Pt+2].[c-]1cc(-c2cccc3ncccc23)c2ccccc2c1-c1ncc(-c2cccc3ncccc23)c2ccccc12.[c-]1cc(-c2cccc3ncccc23)c2ccccc2c1-c1ncc(-c2cccc3ncccc23)c2ccccc12. The Hall–Kier alpha value is -10.1. The minimum atomic E-state index is 0. The average Bonchev–Trinajstić information content (AvgIpc) is 3.69. The average molecular weight is 1210 g/mol. The second-order valence-corrected chi connectivity index (χ2v) is 19.9. The Morgan fingerprint density at radius 3 is 0.815 bits per heavy atom. The number of nitrogens with zero attached hydrogens (tertiary/aromatic N) is 6. The molecule has 0 atom stereocenters. The Morgan fingerprint density at radius 2 is 0.481 bits per heavy atom. The molecule has 0 aliphatic carbocycles. The van der Waals surface area contributed by atoms with Gasteiger partial charge in [0.25, 0.3) is 0 Å². The first-order chi connectivity index (χ1) is 39.7. The summed E-state index contributed by atoms with van der Waals surface area (Å²) in [7, 11) is 0. The topological polar surface area (TPSA) is 77.3 Å². The number of hydrogen-bond acceptors (Lipinski definition) is 6. The van der Waals surface area contributed by atoms with Crippen molar-refractivity contribution in [3.05, 3.63) is 280 Å². The molecule has 0 saturated heterocycles. The molecule has 0 radical (unpaired) electrons. The number of pyridine rings is 6. The van der Waals surface area contributed by atoms with Crippen molar-refractivity contribution in [1.29, 1.82) is 0 Å². The van der Waals surface area contributed by atoms with Crippen molar-refractivity contribution >= 4 is 86.7 Å². The van der Waals surface area contributed by atoms with Gasteiger partial charge in [-0.3, -0.25) is 19.9 Å². The molecule has 16 rings (SSSR count). The maximum absolute atomic E-state index is 5.10. The summed E-state index contributed by atoms with van der Waals surface area (Å²) in [5.74, 6) is 0. The molecular weight excluding hydrogens is 1170 g/mol. The summed E-state index contributed by atoms with van der Waals surface area (Å²) in [5, 5.41) is 13.6. The van der Waals surface area contributed by atoms with Crippen LogP contribution in [0.25, 0.3) is 154 Å². The zero-order valence-corrected chi connectivity index (χ0v) is 45.7. The number of benzene rings is 10. The molecule has 0 bridgehead atoms. The van der Waals surface area contributed by atoms with Crippen LogP contribution in [0.3, 0.4) is 0 Å². The van der Waals surface area contributed by atoms with Crippen molar-refractivity contribution in [3.8, 4) is 67.0 Å². The van der Waals surface area contributed by atoms with E-state index in [0.29, 0.717) is 0 Å². The van der Waals surface area contributed by atoms with Crippen LogP contribution >= 0.6 is 0 Å². The number of fused-ring (bicyclic) bond motifs is 8. The Bertz CT molecular complexity index is 4450. The van der Waals surface area contributed by atoms with Gasteiger partial charge in [-0.05, 0) is 103 Å². The van der Waals surface area contributed by atoms with Gasteiger partial charge in [0.05, 0.1) is 22.1 Å². The van der Waals surface area contributed by atoms with E-state index in [2.05, 4.69) is 238 Å². The van der Waals surface area contributed by atoms with E-state index >= 15 is 0 Å². The first-order valence-corrected chi connectivity index (χ1v) is 26.7. The Morgan fingerprint density at radius 1 is 0.210 bits per heavy atom. The zero-order valence-electron chi connectivity index (χ0n) is 43.4. The Kier molecular flexibility index (Phi) is 12.7. The summed E-state index contributed by atoms with van der Waals surface area (Å²) >= 11 is 0. The number of rotatable bonds is 6. The third-order valence-corrected chi connectivity index (χ3v) is 15.5. The molecule has 0 aliphatic rings. The second-order valence-electron chi connectivity index (χ2n) is 19.9. The van der Waals surface area contributed by atoms with Crippen molar-refractivity contribution in [1.82, 2.24) is 29.9 Å². The molecule has 6 heterocycles. The van der Waals surface area contributed by atoms with Crippen LogP contribution in [-0.4, -0.2) is 29.9 Å². The van der Waals surface area contributed by atoms with E-state index in [9.17, 15) is 0 Å². The molecule has 6 nitrogen and oxygen atoms in total. The third kappa shape index (κ3) is 8.56. The molecular formula is C74H44N6Pt. The van der Waals surface area contributed by atoms with Crippen LogP contribution in [0.4, 0.5) is 0 Å². The van der Waals surface area contributed by atoms with Crippen LogP contribution in [0.2, 0.25) is 0 Å². The normalized spacial score (nSPS) is 11.4. The fraction of sp³-hybridized carbons (Fsp3) is 0. The molecule has 81 heavy (non-hydrogen) atoms. The van der Waals surface area contributed by atoms with Gasteiger partial charge in [-0.1, -0.05) is 214 Å². The largest absolute Gasteiger partial charge is 2.00 e. The van der Waals surface area contributed by atoms with Gasteiger partial charge in [0.2, 0.25) is 0 Å². The van der Waals surface area contributed by atoms with Crippen molar-refractivity contribution in [2.75, 3.05) is 0 Å². The summed E-state index contributed by atoms with van der Waals surface area (Å²) in [4.78, 5) is 28.5. The van der Waals surface area contributed by atoms with Gasteiger partial charge < -0.3 is 9.97 Å². The summed E-state index contributed by atoms with van der Waals surface area (Å²) in [6, 6.07) is 87.3. The fourth-order valence-electron chi connectivity index (χ4n) is 11.9. The van der Waals surface area contributed by atoms with Gasteiger partial charge >= 0.3 is 21.1 Å². The van der Waals surface area contributed by atoms with E-state index in [0.717, 1.165) is 143 Å². The molecule has 0 amide bonds. The van der Waals surface area contributed by atoms with Gasteiger partial charge in [-0.2, -0.15) is 0 Å². The van der Waals surface area contributed by atoms with E-state index in [1.807, 2.05) is 61.4 Å². The van der Waals surface area contributed by atoms with Crippen LogP contribution < -0.4 is 0 Å². The maximum Gasteiger partial charge on any atom is 2.00 e. The molecule has 0 aliphatic heterocycles. The Labute approximate surface area is 481 Å². The quantitative estimate of drug-likeness (QED) is 0.154. The van der Waals surface area contributed by atoms with Crippen LogP contribution in [0.5, 0.6) is 0 Å². The van der Waals surface area contributed by atoms with Crippen molar-refractivity contribution in [3.63, 3.8) is 0 Å². The predicted molar refractivity (Wildman–Crippen MR) is 330 cm³/mol. The molecule has 10 aromatic carbocycles. The molecule has 0 spiro atoms. The number of hydrogen-bond donors (Lipinski definition) is 0. The van der Waals surface area contributed by atoms with E-state index in [1.54, 1.807) is 0 Å². The van der Waals surface area contributed by atoms with Gasteiger partial charge in [0, 0.05) is 59.1 Å². The van der Waals surface area contributed by atoms with Gasteiger partial charge in [-0.25, -0.2) is 0 Å². The maximum atomic E-state index is 5.10. The minimum Gasteiger partial charge on any atom is -0.303 e. The van der Waals surface area contributed by atoms with E-state index in [-0.39, 0.29) is 21.1 Å². The third-order valence-electron chi connectivity index (χ3n) is 15.5. The summed E-state index contributed by atoms with van der Waals surface area (Å²) in [6.45, 7) is 0.